The zero-order chi connectivity index (χ0) is 11.6. The summed E-state index contributed by atoms with van der Waals surface area (Å²) in [4.78, 5) is 14.0. The lowest BCUT2D eigenvalue weighted by Crippen LogP contribution is -2.50. The molecule has 0 aromatic heterocycles. The minimum Gasteiger partial charge on any atom is -0.392 e. The lowest BCUT2D eigenvalue weighted by molar-refractivity contribution is -0.125. The molecule has 0 spiro atoms. The van der Waals surface area contributed by atoms with Gasteiger partial charge in [-0.1, -0.05) is 12.2 Å². The summed E-state index contributed by atoms with van der Waals surface area (Å²) < 4.78 is 0. The maximum Gasteiger partial charge on any atom is 0.237 e. The number of nitrogens with one attached hydrogen (secondary N) is 1. The maximum atomic E-state index is 11.7. The molecule has 3 N–H and O–H groups in total. The average Bonchev–Trinajstić information content (AvgIpc) is 2.97. The number of hydrogen-bond acceptors (Lipinski definition) is 3. The molecule has 86 valence electrons. The molecule has 5 heteroatoms. The van der Waals surface area contributed by atoms with E-state index in [9.17, 15) is 4.79 Å². The van der Waals surface area contributed by atoms with E-state index in [0.717, 1.165) is 12.8 Å². The van der Waals surface area contributed by atoms with E-state index in [1.807, 2.05) is 25.8 Å². The summed E-state index contributed by atoms with van der Waals surface area (Å²) in [5.41, 5.74) is 5.55. The number of nitrogens with zero attached hydrogens (tertiary/aromatic N) is 1. The Morgan fingerprint density at radius 1 is 1.47 bits per heavy atom. The van der Waals surface area contributed by atoms with Gasteiger partial charge in [0, 0.05) is 6.04 Å². The van der Waals surface area contributed by atoms with Crippen molar-refractivity contribution in [2.45, 2.75) is 44.8 Å². The van der Waals surface area contributed by atoms with Crippen molar-refractivity contribution >= 4 is 23.1 Å². The van der Waals surface area contributed by atoms with Gasteiger partial charge in [-0.15, -0.1) is 0 Å². The molecule has 0 saturated heterocycles. The van der Waals surface area contributed by atoms with Crippen LogP contribution in [0.25, 0.3) is 0 Å². The van der Waals surface area contributed by atoms with Crippen molar-refractivity contribution in [3.63, 3.8) is 0 Å². The number of hydrogen-bond donors (Lipinski definition) is 2. The summed E-state index contributed by atoms with van der Waals surface area (Å²) in [5, 5.41) is 2.96. The molecule has 0 aromatic carbocycles. The van der Waals surface area contributed by atoms with E-state index in [1.165, 1.54) is 0 Å². The Morgan fingerprint density at radius 2 is 2.00 bits per heavy atom. The highest BCUT2D eigenvalue weighted by molar-refractivity contribution is 7.80. The lowest BCUT2D eigenvalue weighted by Gasteiger charge is -2.29. The van der Waals surface area contributed by atoms with Crippen LogP contribution in [0.5, 0.6) is 0 Å². The predicted octanol–water partition coefficient (Wildman–Crippen LogP) is 0.260. The smallest absolute Gasteiger partial charge is 0.237 e. The van der Waals surface area contributed by atoms with Crippen molar-refractivity contribution < 1.29 is 4.79 Å². The van der Waals surface area contributed by atoms with Gasteiger partial charge in [0.15, 0.2) is 0 Å². The highest BCUT2D eigenvalue weighted by atomic mass is 32.1. The van der Waals surface area contributed by atoms with Gasteiger partial charge in [-0.05, 0) is 33.7 Å². The predicted molar refractivity (Wildman–Crippen MR) is 64.6 cm³/mol. The number of likely N-dealkylation sites (N-methyl/N-ethyl adjacent to an activating group) is 1. The Labute approximate surface area is 96.2 Å². The van der Waals surface area contributed by atoms with Crippen LogP contribution >= 0.6 is 12.2 Å². The number of nitrogens with two attached hydrogens (primary N) is 1. The van der Waals surface area contributed by atoms with Gasteiger partial charge in [0.25, 0.3) is 0 Å². The maximum absolute atomic E-state index is 11.7. The summed E-state index contributed by atoms with van der Waals surface area (Å²) in [6.07, 6.45) is 2.21. The van der Waals surface area contributed by atoms with Crippen LogP contribution in [0.2, 0.25) is 0 Å². The first-order valence-corrected chi connectivity index (χ1v) is 5.66. The molecule has 1 aliphatic carbocycles. The van der Waals surface area contributed by atoms with E-state index in [2.05, 4.69) is 5.32 Å². The van der Waals surface area contributed by atoms with Crippen LogP contribution < -0.4 is 11.1 Å². The zero-order valence-electron chi connectivity index (χ0n) is 9.49. The molecule has 0 bridgehead atoms. The summed E-state index contributed by atoms with van der Waals surface area (Å²) in [6, 6.07) is 0.149. The zero-order valence-corrected chi connectivity index (χ0v) is 10.3. The lowest BCUT2D eigenvalue weighted by atomic mass is 10.2. The summed E-state index contributed by atoms with van der Waals surface area (Å²) in [5.74, 6) is 0.0584. The largest absolute Gasteiger partial charge is 0.392 e. The van der Waals surface area contributed by atoms with E-state index in [4.69, 9.17) is 18.0 Å². The first-order valence-electron chi connectivity index (χ1n) is 5.25. The normalized spacial score (nSPS) is 19.7. The third-order valence-corrected chi connectivity index (χ3v) is 3.28. The van der Waals surface area contributed by atoms with Gasteiger partial charge in [0.05, 0.1) is 17.1 Å². The molecule has 2 unspecified atom stereocenters. The van der Waals surface area contributed by atoms with Crippen molar-refractivity contribution in [2.24, 2.45) is 5.73 Å². The topological polar surface area (TPSA) is 58.4 Å². The number of amides is 1. The van der Waals surface area contributed by atoms with Crippen LogP contribution in [0.1, 0.15) is 26.7 Å². The molecule has 2 atom stereocenters. The number of rotatable bonds is 5. The first kappa shape index (κ1) is 12.4. The van der Waals surface area contributed by atoms with Gasteiger partial charge >= 0.3 is 0 Å². The standard InChI is InChI=1S/C10H19N3OS/c1-6(9(11)15)13(3)7(2)10(14)12-8-4-5-8/h6-8H,4-5H2,1-3H3,(H2,11,15)(H,12,14). The van der Waals surface area contributed by atoms with Crippen LogP contribution in [0.3, 0.4) is 0 Å². The Morgan fingerprint density at radius 3 is 2.40 bits per heavy atom. The van der Waals surface area contributed by atoms with E-state index in [0.29, 0.717) is 11.0 Å². The fourth-order valence-electron chi connectivity index (χ4n) is 1.27. The molecular formula is C10H19N3OS. The fraction of sp³-hybridized carbons (Fsp3) is 0.800. The second kappa shape index (κ2) is 4.90. The van der Waals surface area contributed by atoms with E-state index in [-0.39, 0.29) is 18.0 Å². The second-order valence-electron chi connectivity index (χ2n) is 4.20. The molecule has 15 heavy (non-hydrogen) atoms. The van der Waals surface area contributed by atoms with Crippen LogP contribution in [0.15, 0.2) is 0 Å². The summed E-state index contributed by atoms with van der Waals surface area (Å²) >= 11 is 4.90. The van der Waals surface area contributed by atoms with Gasteiger partial charge in [0.1, 0.15) is 0 Å². The van der Waals surface area contributed by atoms with E-state index >= 15 is 0 Å². The Bertz CT molecular complexity index is 265. The van der Waals surface area contributed by atoms with Gasteiger partial charge in [-0.3, -0.25) is 9.69 Å². The Balaban J connectivity index is 2.45. The monoisotopic (exact) mass is 229 g/mol. The molecule has 4 nitrogen and oxygen atoms in total. The average molecular weight is 229 g/mol. The van der Waals surface area contributed by atoms with Crippen LogP contribution in [0.4, 0.5) is 0 Å². The molecule has 0 aromatic rings. The number of thiocarbonyl (C=S) groups is 1. The molecule has 1 saturated carbocycles. The number of carbonyl (C=O) groups is 1. The third-order valence-electron chi connectivity index (χ3n) is 2.94. The van der Waals surface area contributed by atoms with Gasteiger partial charge < -0.3 is 11.1 Å². The van der Waals surface area contributed by atoms with Crippen molar-refractivity contribution in [3.05, 3.63) is 0 Å². The quantitative estimate of drug-likeness (QED) is 0.664. The van der Waals surface area contributed by atoms with E-state index in [1.54, 1.807) is 0 Å². The van der Waals surface area contributed by atoms with Crippen LogP contribution in [-0.4, -0.2) is 41.0 Å². The molecule has 1 rings (SSSR count). The molecule has 0 heterocycles. The summed E-state index contributed by atoms with van der Waals surface area (Å²) in [6.45, 7) is 3.77. The van der Waals surface area contributed by atoms with Crippen molar-refractivity contribution in [3.8, 4) is 0 Å². The van der Waals surface area contributed by atoms with Gasteiger partial charge in [-0.2, -0.15) is 0 Å². The third kappa shape index (κ3) is 3.43. The molecule has 0 aliphatic heterocycles. The fourth-order valence-corrected chi connectivity index (χ4v) is 1.44. The highest BCUT2D eigenvalue weighted by Crippen LogP contribution is 2.19. The Kier molecular flexibility index (Phi) is 4.04. The van der Waals surface area contributed by atoms with Gasteiger partial charge in [0.2, 0.25) is 5.91 Å². The molecular weight excluding hydrogens is 210 g/mol. The Hall–Kier alpha value is -0.680. The van der Waals surface area contributed by atoms with E-state index < -0.39 is 0 Å². The van der Waals surface area contributed by atoms with Crippen LogP contribution in [-0.2, 0) is 4.79 Å². The molecule has 1 aliphatic rings. The molecule has 1 amide bonds. The summed E-state index contributed by atoms with van der Waals surface area (Å²) in [7, 11) is 1.86. The number of carbonyl (C=O) groups excluding carboxylic acids is 1. The van der Waals surface area contributed by atoms with Crippen molar-refractivity contribution in [1.29, 1.82) is 0 Å². The minimum atomic E-state index is -0.193. The van der Waals surface area contributed by atoms with Crippen molar-refractivity contribution in [1.82, 2.24) is 10.2 Å². The SMILES string of the molecule is CC(C(=O)NC1CC1)N(C)C(C)C(N)=S. The molecule has 1 fully saturated rings. The second-order valence-corrected chi connectivity index (χ2v) is 4.67. The highest BCUT2D eigenvalue weighted by Gasteiger charge is 2.28. The van der Waals surface area contributed by atoms with Crippen molar-refractivity contribution in [2.75, 3.05) is 7.05 Å². The molecule has 0 radical (unpaired) electrons. The van der Waals surface area contributed by atoms with Gasteiger partial charge in [-0.25, -0.2) is 0 Å². The first-order chi connectivity index (χ1) is 6.93. The van der Waals surface area contributed by atoms with Crippen LogP contribution in [0, 0.1) is 0 Å². The minimum absolute atomic E-state index is 0.0556.